The van der Waals surface area contributed by atoms with Crippen molar-refractivity contribution in [1.29, 1.82) is 0 Å². The standard InChI is InChI=1S/C26H20.C19H14.C13H10O/c1-19-16-17-23-22-14-8-9-15-24(22)26(25(23)18-19,20-10-4-2-5-11-20)21-12-6-3-7-13-21;1-13-10-11-18-16-8-3-2-6-14(16)15-7-4-5-9-17(15)19(18)12-13;1-9-5-4-7-11-10-6-2-3-8-12(10)14-13(9)11/h2-18H,1H3;2-12H,1H3;2-8H,1H3. The third-order valence-electron chi connectivity index (χ3n) is 12.1. The molecule has 0 bridgehead atoms. The van der Waals surface area contributed by atoms with Crippen molar-refractivity contribution in [3.05, 3.63) is 251 Å². The third-order valence-corrected chi connectivity index (χ3v) is 12.1. The van der Waals surface area contributed by atoms with Gasteiger partial charge in [0.05, 0.1) is 5.41 Å². The predicted molar refractivity (Wildman–Crippen MR) is 251 cm³/mol. The van der Waals surface area contributed by atoms with E-state index in [1.807, 2.05) is 18.2 Å². The van der Waals surface area contributed by atoms with Gasteiger partial charge in [-0.1, -0.05) is 217 Å². The molecule has 11 aromatic rings. The molecule has 0 radical (unpaired) electrons. The van der Waals surface area contributed by atoms with Gasteiger partial charge in [0.1, 0.15) is 11.2 Å². The second-order valence-corrected chi connectivity index (χ2v) is 15.8. The number of hydrogen-bond donors (Lipinski definition) is 0. The van der Waals surface area contributed by atoms with Crippen LogP contribution in [0.5, 0.6) is 0 Å². The molecule has 0 spiro atoms. The molecule has 10 aromatic carbocycles. The zero-order valence-corrected chi connectivity index (χ0v) is 33.6. The van der Waals surface area contributed by atoms with Crippen molar-refractivity contribution >= 4 is 54.3 Å². The Morgan fingerprint density at radius 3 is 1.46 bits per heavy atom. The molecule has 1 aromatic heterocycles. The molecule has 0 fully saturated rings. The van der Waals surface area contributed by atoms with Crippen molar-refractivity contribution in [2.24, 2.45) is 0 Å². The van der Waals surface area contributed by atoms with Crippen LogP contribution in [0.1, 0.15) is 38.9 Å². The van der Waals surface area contributed by atoms with Gasteiger partial charge in [-0.15, -0.1) is 0 Å². The minimum atomic E-state index is -0.263. The molecule has 0 aliphatic heterocycles. The van der Waals surface area contributed by atoms with Crippen LogP contribution in [0.2, 0.25) is 0 Å². The molecule has 0 amide bonds. The van der Waals surface area contributed by atoms with Gasteiger partial charge >= 0.3 is 0 Å². The molecule has 1 heterocycles. The van der Waals surface area contributed by atoms with Gasteiger partial charge in [-0.3, -0.25) is 0 Å². The van der Waals surface area contributed by atoms with Gasteiger partial charge in [0.2, 0.25) is 0 Å². The summed E-state index contributed by atoms with van der Waals surface area (Å²) in [6, 6.07) is 76.1. The average Bonchev–Trinajstić information content (AvgIpc) is 3.82. The summed E-state index contributed by atoms with van der Waals surface area (Å²) in [5, 5.41) is 10.5. The molecular formula is C58H44O. The van der Waals surface area contributed by atoms with E-state index < -0.39 is 0 Å². The largest absolute Gasteiger partial charge is 0.456 e. The van der Waals surface area contributed by atoms with Crippen LogP contribution in [0.4, 0.5) is 0 Å². The molecule has 1 nitrogen and oxygen atoms in total. The van der Waals surface area contributed by atoms with E-state index in [0.717, 1.165) is 11.2 Å². The van der Waals surface area contributed by atoms with Crippen molar-refractivity contribution in [2.45, 2.75) is 26.2 Å². The molecule has 1 heteroatoms. The molecule has 0 saturated carbocycles. The van der Waals surface area contributed by atoms with Crippen LogP contribution in [-0.4, -0.2) is 0 Å². The number of benzene rings is 10. The molecule has 0 N–H and O–H groups in total. The number of hydrogen-bond acceptors (Lipinski definition) is 1. The maximum Gasteiger partial charge on any atom is 0.138 e. The van der Waals surface area contributed by atoms with Crippen LogP contribution < -0.4 is 0 Å². The van der Waals surface area contributed by atoms with E-state index in [2.05, 4.69) is 215 Å². The summed E-state index contributed by atoms with van der Waals surface area (Å²) in [5.74, 6) is 0. The van der Waals surface area contributed by atoms with Gasteiger partial charge < -0.3 is 4.42 Å². The van der Waals surface area contributed by atoms with Crippen molar-refractivity contribution in [3.8, 4) is 11.1 Å². The highest BCUT2D eigenvalue weighted by Crippen LogP contribution is 2.56. The van der Waals surface area contributed by atoms with Crippen LogP contribution in [0.15, 0.2) is 217 Å². The SMILES string of the molecule is Cc1ccc2c(c1)C(c1ccccc1)(c1ccccc1)c1ccccc1-2.Cc1ccc2c3ccccc3c3ccccc3c2c1.Cc1cccc2c1oc1ccccc12. The topological polar surface area (TPSA) is 13.1 Å². The molecule has 0 saturated heterocycles. The van der Waals surface area contributed by atoms with Gasteiger partial charge in [0, 0.05) is 10.8 Å². The van der Waals surface area contributed by atoms with E-state index >= 15 is 0 Å². The van der Waals surface area contributed by atoms with Gasteiger partial charge in [0.25, 0.3) is 0 Å². The zero-order valence-electron chi connectivity index (χ0n) is 33.6. The molecular weight excluding hydrogens is 713 g/mol. The maximum absolute atomic E-state index is 5.78. The van der Waals surface area contributed by atoms with E-state index in [4.69, 9.17) is 4.42 Å². The van der Waals surface area contributed by atoms with E-state index in [-0.39, 0.29) is 5.41 Å². The lowest BCUT2D eigenvalue weighted by Gasteiger charge is -2.34. The van der Waals surface area contributed by atoms with Gasteiger partial charge in [-0.2, -0.15) is 0 Å². The van der Waals surface area contributed by atoms with Crippen molar-refractivity contribution in [3.63, 3.8) is 0 Å². The molecule has 1 aliphatic carbocycles. The molecule has 282 valence electrons. The summed E-state index contributed by atoms with van der Waals surface area (Å²) in [6.45, 7) is 6.41. The Hall–Kier alpha value is -7.22. The average molecular weight is 757 g/mol. The van der Waals surface area contributed by atoms with Gasteiger partial charge in [-0.25, -0.2) is 0 Å². The Kier molecular flexibility index (Phi) is 9.15. The second-order valence-electron chi connectivity index (χ2n) is 15.8. The minimum Gasteiger partial charge on any atom is -0.456 e. The number of aryl methyl sites for hydroxylation is 3. The first kappa shape index (κ1) is 36.1. The second kappa shape index (κ2) is 14.9. The van der Waals surface area contributed by atoms with Crippen LogP contribution in [0.25, 0.3) is 65.4 Å². The van der Waals surface area contributed by atoms with Gasteiger partial charge in [-0.05, 0) is 98.1 Å². The minimum absolute atomic E-state index is 0.263. The summed E-state index contributed by atoms with van der Waals surface area (Å²) < 4.78 is 5.78. The van der Waals surface area contributed by atoms with Crippen LogP contribution in [0.3, 0.4) is 0 Å². The Bertz CT molecular complexity index is 3220. The highest BCUT2D eigenvalue weighted by Gasteiger charge is 2.45. The Labute approximate surface area is 345 Å². The number of fused-ring (bicyclic) bond motifs is 12. The quantitative estimate of drug-likeness (QED) is 0.160. The number of furan rings is 1. The zero-order chi connectivity index (χ0) is 39.9. The molecule has 12 rings (SSSR count). The number of para-hydroxylation sites is 2. The third kappa shape index (κ3) is 6.10. The fraction of sp³-hybridized carbons (Fsp3) is 0.0690. The van der Waals surface area contributed by atoms with Gasteiger partial charge in [0.15, 0.2) is 0 Å². The summed E-state index contributed by atoms with van der Waals surface area (Å²) in [4.78, 5) is 0. The summed E-state index contributed by atoms with van der Waals surface area (Å²) in [5.41, 5.74) is 13.6. The Morgan fingerprint density at radius 2 is 0.797 bits per heavy atom. The predicted octanol–water partition coefficient (Wildman–Crippen LogP) is 15.7. The lowest BCUT2D eigenvalue weighted by molar-refractivity contribution is 0.666. The van der Waals surface area contributed by atoms with Crippen molar-refractivity contribution in [1.82, 2.24) is 0 Å². The molecule has 0 unspecified atom stereocenters. The van der Waals surface area contributed by atoms with Crippen molar-refractivity contribution in [2.75, 3.05) is 0 Å². The summed E-state index contributed by atoms with van der Waals surface area (Å²) in [7, 11) is 0. The summed E-state index contributed by atoms with van der Waals surface area (Å²) >= 11 is 0. The van der Waals surface area contributed by atoms with Crippen LogP contribution >= 0.6 is 0 Å². The normalized spacial score (nSPS) is 12.5. The molecule has 1 aliphatic rings. The fourth-order valence-electron chi connectivity index (χ4n) is 9.47. The van der Waals surface area contributed by atoms with E-state index in [0.29, 0.717) is 0 Å². The van der Waals surface area contributed by atoms with Crippen molar-refractivity contribution < 1.29 is 4.42 Å². The summed E-state index contributed by atoms with van der Waals surface area (Å²) in [6.07, 6.45) is 0. The first-order valence-electron chi connectivity index (χ1n) is 20.5. The van der Waals surface area contributed by atoms with E-state index in [9.17, 15) is 0 Å². The number of rotatable bonds is 2. The Balaban J connectivity index is 0.000000112. The van der Waals surface area contributed by atoms with Crippen LogP contribution in [0, 0.1) is 20.8 Å². The lowest BCUT2D eigenvalue weighted by atomic mass is 9.67. The van der Waals surface area contributed by atoms with E-state index in [1.165, 1.54) is 93.2 Å². The maximum atomic E-state index is 5.78. The Morgan fingerprint density at radius 1 is 0.322 bits per heavy atom. The van der Waals surface area contributed by atoms with Crippen LogP contribution in [-0.2, 0) is 5.41 Å². The highest BCUT2D eigenvalue weighted by atomic mass is 16.3. The monoisotopic (exact) mass is 756 g/mol. The first-order valence-corrected chi connectivity index (χ1v) is 20.5. The molecule has 59 heavy (non-hydrogen) atoms. The van der Waals surface area contributed by atoms with E-state index in [1.54, 1.807) is 0 Å². The lowest BCUT2D eigenvalue weighted by Crippen LogP contribution is -2.28. The highest BCUT2D eigenvalue weighted by molar-refractivity contribution is 6.25. The smallest absolute Gasteiger partial charge is 0.138 e. The first-order chi connectivity index (χ1) is 29.0. The fourth-order valence-corrected chi connectivity index (χ4v) is 9.47. The molecule has 0 atom stereocenters.